The van der Waals surface area contributed by atoms with E-state index in [0.29, 0.717) is 0 Å². The van der Waals surface area contributed by atoms with Gasteiger partial charge < -0.3 is 10.0 Å². The predicted octanol–water partition coefficient (Wildman–Crippen LogP) is 1.69. The van der Waals surface area contributed by atoms with Gasteiger partial charge in [0.2, 0.25) is 0 Å². The van der Waals surface area contributed by atoms with Gasteiger partial charge in [0.25, 0.3) is 0 Å². The van der Waals surface area contributed by atoms with Crippen LogP contribution in [0.2, 0.25) is 0 Å². The van der Waals surface area contributed by atoms with Crippen molar-refractivity contribution >= 4 is 11.3 Å². The first kappa shape index (κ1) is 11.0. The molecule has 2 atom stereocenters. The third kappa shape index (κ3) is 2.77. The van der Waals surface area contributed by atoms with Gasteiger partial charge in [-0.3, -0.25) is 0 Å². The van der Waals surface area contributed by atoms with Crippen molar-refractivity contribution in [3.63, 3.8) is 0 Å². The van der Waals surface area contributed by atoms with Crippen molar-refractivity contribution in [2.45, 2.75) is 25.9 Å². The number of aromatic nitrogens is 1. The van der Waals surface area contributed by atoms with Gasteiger partial charge in [-0.25, -0.2) is 4.98 Å². The van der Waals surface area contributed by atoms with Gasteiger partial charge in [0.1, 0.15) is 0 Å². The number of rotatable bonds is 3. The van der Waals surface area contributed by atoms with E-state index in [4.69, 9.17) is 0 Å². The van der Waals surface area contributed by atoms with E-state index in [1.165, 1.54) is 24.5 Å². The van der Waals surface area contributed by atoms with Crippen LogP contribution in [0.4, 0.5) is 0 Å². The Bertz CT molecular complexity index is 324. The molecule has 1 aliphatic heterocycles. The molecule has 1 aliphatic rings. The maximum atomic E-state index is 9.40. The largest absolute Gasteiger partial charge is 0.388 e. The molecule has 0 bridgehead atoms. The molecule has 0 saturated carbocycles. The molecular formula is C11H18N2OS. The molecule has 0 radical (unpaired) electrons. The summed E-state index contributed by atoms with van der Waals surface area (Å²) in [7, 11) is 2.17. The van der Waals surface area contributed by atoms with Crippen LogP contribution in [0.1, 0.15) is 29.3 Å². The van der Waals surface area contributed by atoms with E-state index in [-0.39, 0.29) is 6.10 Å². The minimum absolute atomic E-state index is 0.373. The average molecular weight is 226 g/mol. The van der Waals surface area contributed by atoms with E-state index in [1.807, 2.05) is 6.20 Å². The minimum Gasteiger partial charge on any atom is -0.388 e. The van der Waals surface area contributed by atoms with Gasteiger partial charge in [0.15, 0.2) is 0 Å². The Morgan fingerprint density at radius 2 is 2.53 bits per heavy atom. The van der Waals surface area contributed by atoms with Gasteiger partial charge in [-0.2, -0.15) is 0 Å². The molecule has 2 unspecified atom stereocenters. The molecular weight excluding hydrogens is 208 g/mol. The highest BCUT2D eigenvalue weighted by Gasteiger charge is 2.21. The van der Waals surface area contributed by atoms with E-state index >= 15 is 0 Å². The van der Waals surface area contributed by atoms with Crippen LogP contribution in [0.3, 0.4) is 0 Å². The Morgan fingerprint density at radius 1 is 1.73 bits per heavy atom. The zero-order chi connectivity index (χ0) is 10.8. The summed E-state index contributed by atoms with van der Waals surface area (Å²) in [5, 5.41) is 10.6. The highest BCUT2D eigenvalue weighted by atomic mass is 32.1. The van der Waals surface area contributed by atoms with E-state index < -0.39 is 0 Å². The fourth-order valence-electron chi connectivity index (χ4n) is 2.05. The molecule has 1 N–H and O–H groups in total. The lowest BCUT2D eigenvalue weighted by Crippen LogP contribution is -2.14. The van der Waals surface area contributed by atoms with Gasteiger partial charge in [-0.15, -0.1) is 11.3 Å². The second-order valence-electron chi connectivity index (χ2n) is 4.45. The third-order valence-corrected chi connectivity index (χ3v) is 4.13. The number of hydrogen-bond donors (Lipinski definition) is 1. The number of aliphatic hydroxyl groups excluding tert-OH is 1. The molecule has 84 valence electrons. The zero-order valence-electron chi connectivity index (χ0n) is 9.31. The number of thiazole rings is 1. The number of hydrogen-bond acceptors (Lipinski definition) is 4. The van der Waals surface area contributed by atoms with Crippen LogP contribution in [0.15, 0.2) is 6.20 Å². The van der Waals surface area contributed by atoms with Crippen LogP contribution in [0.25, 0.3) is 0 Å². The lowest BCUT2D eigenvalue weighted by molar-refractivity contribution is 0.203. The SMILES string of the molecule is CC(O)c1cnc(CC2CCN(C)C2)s1. The van der Waals surface area contributed by atoms with Crippen LogP contribution in [0, 0.1) is 5.92 Å². The van der Waals surface area contributed by atoms with Gasteiger partial charge in [-0.05, 0) is 32.9 Å². The fourth-order valence-corrected chi connectivity index (χ4v) is 3.02. The Labute approximate surface area is 94.8 Å². The van der Waals surface area contributed by atoms with Crippen molar-refractivity contribution in [3.8, 4) is 0 Å². The Kier molecular flexibility index (Phi) is 3.38. The molecule has 0 spiro atoms. The van der Waals surface area contributed by atoms with Gasteiger partial charge in [0, 0.05) is 19.2 Å². The van der Waals surface area contributed by atoms with E-state index in [9.17, 15) is 5.11 Å². The lowest BCUT2D eigenvalue weighted by Gasteiger charge is -2.07. The first-order chi connectivity index (χ1) is 7.15. The average Bonchev–Trinajstić information content (AvgIpc) is 2.76. The highest BCUT2D eigenvalue weighted by Crippen LogP contribution is 2.25. The highest BCUT2D eigenvalue weighted by molar-refractivity contribution is 7.11. The molecule has 15 heavy (non-hydrogen) atoms. The maximum Gasteiger partial charge on any atom is 0.0931 e. The summed E-state index contributed by atoms with van der Waals surface area (Å²) < 4.78 is 0. The van der Waals surface area contributed by atoms with E-state index in [1.54, 1.807) is 18.3 Å². The molecule has 0 aliphatic carbocycles. The van der Waals surface area contributed by atoms with Crippen molar-refractivity contribution in [2.75, 3.05) is 20.1 Å². The van der Waals surface area contributed by atoms with Crippen LogP contribution in [-0.2, 0) is 6.42 Å². The molecule has 2 rings (SSSR count). The quantitative estimate of drug-likeness (QED) is 0.852. The summed E-state index contributed by atoms with van der Waals surface area (Å²) in [4.78, 5) is 7.72. The summed E-state index contributed by atoms with van der Waals surface area (Å²) in [6, 6.07) is 0. The van der Waals surface area contributed by atoms with Crippen LogP contribution in [0.5, 0.6) is 0 Å². The fraction of sp³-hybridized carbons (Fsp3) is 0.727. The smallest absolute Gasteiger partial charge is 0.0931 e. The van der Waals surface area contributed by atoms with Crippen molar-refractivity contribution in [1.29, 1.82) is 0 Å². The number of likely N-dealkylation sites (tertiary alicyclic amines) is 1. The van der Waals surface area contributed by atoms with Crippen LogP contribution in [-0.4, -0.2) is 35.1 Å². The summed E-state index contributed by atoms with van der Waals surface area (Å²) in [5.41, 5.74) is 0. The van der Waals surface area contributed by atoms with Crippen LogP contribution < -0.4 is 0 Å². The summed E-state index contributed by atoms with van der Waals surface area (Å²) in [5.74, 6) is 0.753. The normalized spacial score (nSPS) is 24.6. The third-order valence-electron chi connectivity index (χ3n) is 2.94. The Balaban J connectivity index is 1.93. The monoisotopic (exact) mass is 226 g/mol. The molecule has 2 heterocycles. The summed E-state index contributed by atoms with van der Waals surface area (Å²) in [6.07, 6.45) is 3.79. The summed E-state index contributed by atoms with van der Waals surface area (Å²) in [6.45, 7) is 4.18. The topological polar surface area (TPSA) is 36.4 Å². The van der Waals surface area contributed by atoms with E-state index in [2.05, 4.69) is 16.9 Å². The molecule has 0 aromatic carbocycles. The lowest BCUT2D eigenvalue weighted by atomic mass is 10.1. The molecule has 1 saturated heterocycles. The van der Waals surface area contributed by atoms with Crippen molar-refractivity contribution in [2.24, 2.45) is 5.92 Å². The second-order valence-corrected chi connectivity index (χ2v) is 5.60. The van der Waals surface area contributed by atoms with Crippen molar-refractivity contribution < 1.29 is 5.11 Å². The zero-order valence-corrected chi connectivity index (χ0v) is 10.1. The van der Waals surface area contributed by atoms with Gasteiger partial charge in [-0.1, -0.05) is 0 Å². The number of aliphatic hydroxyl groups is 1. The standard InChI is InChI=1S/C11H18N2OS/c1-8(14)10-6-12-11(15-10)5-9-3-4-13(2)7-9/h6,8-9,14H,3-5,7H2,1-2H3. The maximum absolute atomic E-state index is 9.40. The first-order valence-corrected chi connectivity index (χ1v) is 6.28. The molecule has 1 aromatic heterocycles. The van der Waals surface area contributed by atoms with Crippen LogP contribution >= 0.6 is 11.3 Å². The first-order valence-electron chi connectivity index (χ1n) is 5.46. The molecule has 0 amide bonds. The van der Waals surface area contributed by atoms with E-state index in [0.717, 1.165) is 17.2 Å². The second kappa shape index (κ2) is 4.60. The number of nitrogens with zero attached hydrogens (tertiary/aromatic N) is 2. The van der Waals surface area contributed by atoms with Gasteiger partial charge >= 0.3 is 0 Å². The van der Waals surface area contributed by atoms with Gasteiger partial charge in [0.05, 0.1) is 16.0 Å². The molecule has 1 fully saturated rings. The Morgan fingerprint density at radius 3 is 3.07 bits per heavy atom. The minimum atomic E-state index is -0.373. The van der Waals surface area contributed by atoms with Crippen molar-refractivity contribution in [1.82, 2.24) is 9.88 Å². The van der Waals surface area contributed by atoms with Crippen molar-refractivity contribution in [3.05, 3.63) is 16.1 Å². The molecule has 1 aromatic rings. The predicted molar refractivity (Wildman–Crippen MR) is 62.1 cm³/mol. The molecule has 3 nitrogen and oxygen atoms in total. The summed E-state index contributed by atoms with van der Waals surface area (Å²) >= 11 is 1.65. The Hall–Kier alpha value is -0.450. The molecule has 4 heteroatoms.